The third-order valence-electron chi connectivity index (χ3n) is 4.04. The second-order valence-corrected chi connectivity index (χ2v) is 6.27. The van der Waals surface area contributed by atoms with Gasteiger partial charge >= 0.3 is 6.01 Å². The minimum atomic E-state index is 0.469. The van der Waals surface area contributed by atoms with Crippen LogP contribution in [0.25, 0.3) is 0 Å². The van der Waals surface area contributed by atoms with Gasteiger partial charge in [-0.1, -0.05) is 11.5 Å². The molecule has 2 aromatic heterocycles. The molecule has 2 aliphatic rings. The quantitative estimate of drug-likeness (QED) is 0.888. The van der Waals surface area contributed by atoms with Gasteiger partial charge in [-0.15, -0.1) is 5.10 Å². The monoisotopic (exact) mass is 322 g/mol. The van der Waals surface area contributed by atoms with Crippen LogP contribution in [0.15, 0.2) is 4.42 Å². The van der Waals surface area contributed by atoms with Gasteiger partial charge in [0.2, 0.25) is 11.0 Å². The van der Waals surface area contributed by atoms with Gasteiger partial charge in [-0.25, -0.2) is 4.98 Å². The van der Waals surface area contributed by atoms with E-state index in [1.54, 1.807) is 0 Å². The smallest absolute Gasteiger partial charge is 0.318 e. The molecule has 0 bridgehead atoms. The molecule has 0 atom stereocenters. The highest BCUT2D eigenvalue weighted by Gasteiger charge is 2.23. The fourth-order valence-corrected chi connectivity index (χ4v) is 3.13. The van der Waals surface area contributed by atoms with Crippen LogP contribution in [-0.4, -0.2) is 45.9 Å². The number of nitrogens with zero attached hydrogens (tertiary/aromatic N) is 5. The van der Waals surface area contributed by atoms with Crippen LogP contribution in [0.4, 0.5) is 11.1 Å². The fourth-order valence-electron chi connectivity index (χ4n) is 2.49. The average Bonchev–Trinajstić information content (AvgIpc) is 3.14. The number of ether oxygens (including phenoxy) is 1. The second-order valence-electron chi connectivity index (χ2n) is 5.52. The van der Waals surface area contributed by atoms with Crippen molar-refractivity contribution >= 4 is 22.7 Å². The molecule has 0 aromatic carbocycles. The molecule has 8 nitrogen and oxygen atoms in total. The molecule has 1 saturated heterocycles. The van der Waals surface area contributed by atoms with Crippen molar-refractivity contribution in [2.45, 2.75) is 31.7 Å². The number of nitrogens with one attached hydrogen (secondary N) is 1. The molecule has 2 aromatic rings. The van der Waals surface area contributed by atoms with Crippen molar-refractivity contribution in [1.82, 2.24) is 19.6 Å². The van der Waals surface area contributed by atoms with Gasteiger partial charge in [0.05, 0.1) is 19.8 Å². The van der Waals surface area contributed by atoms with E-state index in [4.69, 9.17) is 9.15 Å². The van der Waals surface area contributed by atoms with Crippen LogP contribution in [0.1, 0.15) is 36.9 Å². The maximum atomic E-state index is 5.67. The molecule has 0 unspecified atom stereocenters. The zero-order valence-electron chi connectivity index (χ0n) is 12.2. The van der Waals surface area contributed by atoms with Gasteiger partial charge in [0.25, 0.3) is 0 Å². The Hall–Kier alpha value is -1.74. The summed E-state index contributed by atoms with van der Waals surface area (Å²) >= 11 is 1.39. The van der Waals surface area contributed by atoms with Gasteiger partial charge in [-0.2, -0.15) is 4.37 Å². The Labute approximate surface area is 132 Å². The Morgan fingerprint density at radius 2 is 2.09 bits per heavy atom. The summed E-state index contributed by atoms with van der Waals surface area (Å²) in [6.45, 7) is 3.44. The van der Waals surface area contributed by atoms with Crippen LogP contribution < -0.4 is 10.2 Å². The largest absolute Gasteiger partial charge is 0.406 e. The molecule has 4 rings (SSSR count). The van der Waals surface area contributed by atoms with E-state index in [1.807, 2.05) is 4.90 Å². The molecule has 0 amide bonds. The van der Waals surface area contributed by atoms with E-state index in [-0.39, 0.29) is 0 Å². The van der Waals surface area contributed by atoms with Gasteiger partial charge in [0.15, 0.2) is 0 Å². The highest BCUT2D eigenvalue weighted by Crippen LogP contribution is 2.35. The first kappa shape index (κ1) is 13.9. The van der Waals surface area contributed by atoms with E-state index in [0.717, 1.165) is 24.0 Å². The zero-order chi connectivity index (χ0) is 14.8. The summed E-state index contributed by atoms with van der Waals surface area (Å²) in [5.41, 5.74) is 0. The second kappa shape index (κ2) is 6.17. The van der Waals surface area contributed by atoms with Crippen molar-refractivity contribution in [3.63, 3.8) is 0 Å². The van der Waals surface area contributed by atoms with Crippen molar-refractivity contribution in [3.05, 3.63) is 11.7 Å². The van der Waals surface area contributed by atoms with Crippen LogP contribution in [0, 0.1) is 0 Å². The van der Waals surface area contributed by atoms with E-state index in [0.29, 0.717) is 37.6 Å². The summed E-state index contributed by atoms with van der Waals surface area (Å²) in [6.07, 6.45) is 3.71. The van der Waals surface area contributed by atoms with Crippen molar-refractivity contribution in [3.8, 4) is 0 Å². The van der Waals surface area contributed by atoms with Crippen LogP contribution in [0.5, 0.6) is 0 Å². The van der Waals surface area contributed by atoms with Gasteiger partial charge in [-0.05, 0) is 12.8 Å². The zero-order valence-corrected chi connectivity index (χ0v) is 13.0. The summed E-state index contributed by atoms with van der Waals surface area (Å²) in [6, 6.07) is 0.563. The van der Waals surface area contributed by atoms with Crippen LogP contribution in [0.2, 0.25) is 0 Å². The Morgan fingerprint density at radius 3 is 2.86 bits per heavy atom. The molecule has 0 spiro atoms. The van der Waals surface area contributed by atoms with E-state index in [2.05, 4.69) is 24.9 Å². The molecular weight excluding hydrogens is 304 g/mol. The molecular formula is C13H18N6O2S. The van der Waals surface area contributed by atoms with E-state index in [9.17, 15) is 0 Å². The first-order valence-corrected chi connectivity index (χ1v) is 8.38. The molecule has 1 saturated carbocycles. The number of hydrogen-bond acceptors (Lipinski definition) is 9. The minimum Gasteiger partial charge on any atom is -0.406 e. The molecule has 3 heterocycles. The Balaban J connectivity index is 1.33. The molecule has 1 aliphatic carbocycles. The normalized spacial score (nSPS) is 19.2. The molecule has 118 valence electrons. The van der Waals surface area contributed by atoms with Gasteiger partial charge < -0.3 is 19.4 Å². The number of anilines is 2. The number of morpholine rings is 1. The van der Waals surface area contributed by atoms with Crippen LogP contribution in [-0.2, 0) is 11.3 Å². The number of hydrogen-bond donors (Lipinski definition) is 1. The predicted molar refractivity (Wildman–Crippen MR) is 81.2 cm³/mol. The lowest BCUT2D eigenvalue weighted by Gasteiger charge is -2.24. The van der Waals surface area contributed by atoms with Gasteiger partial charge in [0, 0.05) is 30.5 Å². The summed E-state index contributed by atoms with van der Waals surface area (Å²) in [5.74, 6) is 2.09. The lowest BCUT2D eigenvalue weighted by Crippen LogP contribution is -2.36. The Morgan fingerprint density at radius 1 is 1.23 bits per heavy atom. The first-order valence-electron chi connectivity index (χ1n) is 7.61. The lowest BCUT2D eigenvalue weighted by atomic mass is 9.85. The minimum absolute atomic E-state index is 0.469. The average molecular weight is 322 g/mol. The molecule has 0 radical (unpaired) electrons. The summed E-state index contributed by atoms with van der Waals surface area (Å²) in [5, 5.41) is 12.2. The number of aromatic nitrogens is 4. The van der Waals surface area contributed by atoms with E-state index >= 15 is 0 Å². The molecule has 22 heavy (non-hydrogen) atoms. The Kier molecular flexibility index (Phi) is 3.90. The maximum Gasteiger partial charge on any atom is 0.318 e. The first-order chi connectivity index (χ1) is 10.9. The third-order valence-corrected chi connectivity index (χ3v) is 4.73. The highest BCUT2D eigenvalue weighted by molar-refractivity contribution is 7.09. The fraction of sp³-hybridized carbons (Fsp3) is 0.692. The summed E-state index contributed by atoms with van der Waals surface area (Å²) in [7, 11) is 0. The highest BCUT2D eigenvalue weighted by atomic mass is 32.1. The van der Waals surface area contributed by atoms with E-state index < -0.39 is 0 Å². The standard InChI is InChI=1S/C13H18N6O2S/c1-2-9(3-1)11-15-12(22-18-11)14-8-10-16-17-13(21-10)19-4-6-20-7-5-19/h9H,1-8H2,(H,14,15,18). The van der Waals surface area contributed by atoms with Gasteiger partial charge in [-0.3, -0.25) is 0 Å². The van der Waals surface area contributed by atoms with Crippen LogP contribution in [0.3, 0.4) is 0 Å². The van der Waals surface area contributed by atoms with E-state index in [1.165, 1.54) is 30.8 Å². The third kappa shape index (κ3) is 2.91. The molecule has 9 heteroatoms. The number of rotatable bonds is 5. The lowest BCUT2D eigenvalue weighted by molar-refractivity contribution is 0.120. The summed E-state index contributed by atoms with van der Waals surface area (Å²) in [4.78, 5) is 6.56. The van der Waals surface area contributed by atoms with Gasteiger partial charge in [0.1, 0.15) is 5.82 Å². The van der Waals surface area contributed by atoms with Crippen molar-refractivity contribution in [2.24, 2.45) is 0 Å². The summed E-state index contributed by atoms with van der Waals surface area (Å²) < 4.78 is 15.4. The van der Waals surface area contributed by atoms with Crippen molar-refractivity contribution < 1.29 is 9.15 Å². The molecule has 1 N–H and O–H groups in total. The van der Waals surface area contributed by atoms with Crippen LogP contribution >= 0.6 is 11.5 Å². The Bertz CT molecular complexity index is 620. The maximum absolute atomic E-state index is 5.67. The van der Waals surface area contributed by atoms with Crippen molar-refractivity contribution in [1.29, 1.82) is 0 Å². The predicted octanol–water partition coefficient (Wildman–Crippen LogP) is 1.64. The SMILES string of the molecule is C1CC(c2nsc(NCc3nnc(N4CCOCC4)o3)n2)C1. The topological polar surface area (TPSA) is 89.2 Å². The molecule has 1 aliphatic heterocycles. The van der Waals surface area contributed by atoms with Crippen molar-refractivity contribution in [2.75, 3.05) is 36.5 Å². The molecule has 2 fully saturated rings.